The average Bonchev–Trinajstić information content (AvgIpc) is 2.59. The number of hydrogen-bond donors (Lipinski definition) is 0. The lowest BCUT2D eigenvalue weighted by Crippen LogP contribution is -1.67. The summed E-state index contributed by atoms with van der Waals surface area (Å²) in [5, 5.41) is 0.773. The molecule has 1 rings (SSSR count). The summed E-state index contributed by atoms with van der Waals surface area (Å²) in [6, 6.07) is 0. The number of nitrogens with zero attached hydrogens (tertiary/aromatic N) is 1. The SMILES string of the molecule is CC.CC.CCSc1ncc(C)o1. The van der Waals surface area contributed by atoms with Gasteiger partial charge in [0.2, 0.25) is 0 Å². The van der Waals surface area contributed by atoms with E-state index in [1.165, 1.54) is 0 Å². The van der Waals surface area contributed by atoms with Crippen LogP contribution in [0.3, 0.4) is 0 Å². The molecule has 0 saturated heterocycles. The summed E-state index contributed by atoms with van der Waals surface area (Å²) < 4.78 is 5.18. The Morgan fingerprint density at radius 2 is 1.85 bits per heavy atom. The summed E-state index contributed by atoms with van der Waals surface area (Å²) in [5.41, 5.74) is 0. The second kappa shape index (κ2) is 11.6. The third kappa shape index (κ3) is 7.91. The molecule has 1 heterocycles. The van der Waals surface area contributed by atoms with Crippen molar-refractivity contribution in [3.05, 3.63) is 12.0 Å². The van der Waals surface area contributed by atoms with Crippen molar-refractivity contribution in [1.82, 2.24) is 4.98 Å². The molecule has 0 aromatic carbocycles. The van der Waals surface area contributed by atoms with Gasteiger partial charge in [-0.1, -0.05) is 46.4 Å². The van der Waals surface area contributed by atoms with Gasteiger partial charge in [0, 0.05) is 0 Å². The molecule has 0 spiro atoms. The lowest BCUT2D eigenvalue weighted by molar-refractivity contribution is 0.431. The van der Waals surface area contributed by atoms with Gasteiger partial charge in [-0.2, -0.15) is 0 Å². The molecule has 1 aromatic heterocycles. The third-order valence-corrected chi connectivity index (χ3v) is 1.59. The van der Waals surface area contributed by atoms with E-state index in [2.05, 4.69) is 11.9 Å². The summed E-state index contributed by atoms with van der Waals surface area (Å²) in [4.78, 5) is 4.00. The van der Waals surface area contributed by atoms with Crippen LogP contribution in [0.4, 0.5) is 0 Å². The van der Waals surface area contributed by atoms with Gasteiger partial charge in [-0.05, 0) is 12.7 Å². The summed E-state index contributed by atoms with van der Waals surface area (Å²) >= 11 is 1.62. The van der Waals surface area contributed by atoms with Gasteiger partial charge in [-0.25, -0.2) is 4.98 Å². The van der Waals surface area contributed by atoms with Crippen LogP contribution in [0.25, 0.3) is 0 Å². The fourth-order valence-electron chi connectivity index (χ4n) is 0.524. The van der Waals surface area contributed by atoms with Crippen LogP contribution < -0.4 is 0 Å². The molecule has 0 fully saturated rings. The fraction of sp³-hybridized carbons (Fsp3) is 0.700. The summed E-state index contributed by atoms with van der Waals surface area (Å²) in [6.45, 7) is 12.0. The molecule has 13 heavy (non-hydrogen) atoms. The maximum absolute atomic E-state index is 5.18. The number of hydrogen-bond acceptors (Lipinski definition) is 3. The number of aryl methyl sites for hydroxylation is 1. The Morgan fingerprint density at radius 3 is 2.15 bits per heavy atom. The average molecular weight is 203 g/mol. The van der Waals surface area contributed by atoms with Crippen LogP contribution in [0.5, 0.6) is 0 Å². The molecule has 0 unspecified atom stereocenters. The van der Waals surface area contributed by atoms with Crippen molar-refractivity contribution >= 4 is 11.8 Å². The zero-order valence-corrected chi connectivity index (χ0v) is 10.4. The summed E-state index contributed by atoms with van der Waals surface area (Å²) in [6.07, 6.45) is 1.73. The van der Waals surface area contributed by atoms with Crippen molar-refractivity contribution in [2.24, 2.45) is 0 Å². The minimum Gasteiger partial charge on any atom is -0.437 e. The number of rotatable bonds is 2. The van der Waals surface area contributed by atoms with E-state index < -0.39 is 0 Å². The first kappa shape index (κ1) is 15.1. The molecule has 3 heteroatoms. The zero-order chi connectivity index (χ0) is 10.7. The molecule has 0 atom stereocenters. The highest BCUT2D eigenvalue weighted by Crippen LogP contribution is 2.15. The molecule has 2 nitrogen and oxygen atoms in total. The molecule has 0 saturated carbocycles. The highest BCUT2D eigenvalue weighted by molar-refractivity contribution is 7.99. The van der Waals surface area contributed by atoms with Gasteiger partial charge >= 0.3 is 0 Å². The van der Waals surface area contributed by atoms with Crippen molar-refractivity contribution in [2.45, 2.75) is 46.8 Å². The maximum atomic E-state index is 5.18. The standard InChI is InChI=1S/C6H9NOS.2C2H6/c1-3-9-6-7-4-5(2)8-6;2*1-2/h4H,3H2,1-2H3;2*1-2H3. The molecular weight excluding hydrogens is 182 g/mol. The lowest BCUT2D eigenvalue weighted by Gasteiger charge is -1.85. The lowest BCUT2D eigenvalue weighted by atomic mass is 10.6. The fourth-order valence-corrected chi connectivity index (χ4v) is 1.09. The van der Waals surface area contributed by atoms with Crippen LogP contribution in [0.1, 0.15) is 40.4 Å². The smallest absolute Gasteiger partial charge is 0.255 e. The monoisotopic (exact) mass is 203 g/mol. The Bertz CT molecular complexity index is 187. The molecule has 0 aliphatic rings. The Labute approximate surface area is 86.1 Å². The molecule has 1 aromatic rings. The molecule has 0 amide bonds. The van der Waals surface area contributed by atoms with Crippen LogP contribution >= 0.6 is 11.8 Å². The van der Waals surface area contributed by atoms with E-state index in [1.54, 1.807) is 18.0 Å². The molecule has 0 radical (unpaired) electrons. The van der Waals surface area contributed by atoms with Gasteiger partial charge in [0.15, 0.2) is 0 Å². The number of oxazole rings is 1. The predicted octanol–water partition coefficient (Wildman–Crippen LogP) is 4.15. The van der Waals surface area contributed by atoms with Crippen LogP contribution in [0, 0.1) is 6.92 Å². The first-order chi connectivity index (χ1) is 6.33. The quantitative estimate of drug-likeness (QED) is 0.675. The van der Waals surface area contributed by atoms with Crippen molar-refractivity contribution < 1.29 is 4.42 Å². The van der Waals surface area contributed by atoms with E-state index in [0.29, 0.717) is 0 Å². The minimum atomic E-state index is 0.773. The van der Waals surface area contributed by atoms with Gasteiger partial charge in [-0.3, -0.25) is 0 Å². The van der Waals surface area contributed by atoms with Gasteiger partial charge in [0.1, 0.15) is 5.76 Å². The minimum absolute atomic E-state index is 0.773. The second-order valence-corrected chi connectivity index (χ2v) is 2.89. The Kier molecular flexibility index (Phi) is 13.4. The van der Waals surface area contributed by atoms with E-state index in [4.69, 9.17) is 4.42 Å². The van der Waals surface area contributed by atoms with Gasteiger partial charge in [-0.15, -0.1) is 0 Å². The van der Waals surface area contributed by atoms with E-state index >= 15 is 0 Å². The molecular formula is C10H21NOS. The second-order valence-electron chi connectivity index (χ2n) is 1.67. The van der Waals surface area contributed by atoms with E-state index in [1.807, 2.05) is 34.6 Å². The first-order valence-electron chi connectivity index (χ1n) is 4.88. The topological polar surface area (TPSA) is 26.0 Å². The van der Waals surface area contributed by atoms with Gasteiger partial charge in [0.05, 0.1) is 6.20 Å². The molecule has 78 valence electrons. The number of thioether (sulfide) groups is 1. The maximum Gasteiger partial charge on any atom is 0.255 e. The summed E-state index contributed by atoms with van der Waals surface area (Å²) in [7, 11) is 0. The van der Waals surface area contributed by atoms with Crippen molar-refractivity contribution in [1.29, 1.82) is 0 Å². The van der Waals surface area contributed by atoms with Crippen LogP contribution in [-0.2, 0) is 0 Å². The molecule has 0 bridgehead atoms. The van der Waals surface area contributed by atoms with Crippen molar-refractivity contribution in [3.8, 4) is 0 Å². The summed E-state index contributed by atoms with van der Waals surface area (Å²) in [5.74, 6) is 1.89. The number of aromatic nitrogens is 1. The van der Waals surface area contributed by atoms with E-state index in [0.717, 1.165) is 16.7 Å². The third-order valence-electron chi connectivity index (χ3n) is 0.868. The Hall–Kier alpha value is -0.440. The normalized spacial score (nSPS) is 7.85. The van der Waals surface area contributed by atoms with E-state index in [-0.39, 0.29) is 0 Å². The van der Waals surface area contributed by atoms with Crippen LogP contribution in [0.2, 0.25) is 0 Å². The van der Waals surface area contributed by atoms with E-state index in [9.17, 15) is 0 Å². The van der Waals surface area contributed by atoms with Gasteiger partial charge in [0.25, 0.3) is 5.22 Å². The Balaban J connectivity index is 0. The largest absolute Gasteiger partial charge is 0.437 e. The zero-order valence-electron chi connectivity index (χ0n) is 9.55. The van der Waals surface area contributed by atoms with Crippen LogP contribution in [-0.4, -0.2) is 10.7 Å². The highest BCUT2D eigenvalue weighted by atomic mass is 32.2. The molecule has 0 N–H and O–H groups in total. The molecule has 0 aliphatic heterocycles. The van der Waals surface area contributed by atoms with Gasteiger partial charge < -0.3 is 4.42 Å². The molecule has 0 aliphatic carbocycles. The first-order valence-corrected chi connectivity index (χ1v) is 5.86. The van der Waals surface area contributed by atoms with Crippen LogP contribution in [0.15, 0.2) is 15.8 Å². The Morgan fingerprint density at radius 1 is 1.31 bits per heavy atom. The van der Waals surface area contributed by atoms with Crippen molar-refractivity contribution in [2.75, 3.05) is 5.75 Å². The highest BCUT2D eigenvalue weighted by Gasteiger charge is 1.96. The predicted molar refractivity (Wildman–Crippen MR) is 60.3 cm³/mol. The van der Waals surface area contributed by atoms with Crippen molar-refractivity contribution in [3.63, 3.8) is 0 Å².